The van der Waals surface area contributed by atoms with Gasteiger partial charge >= 0.3 is 19.6 Å². The third-order valence-electron chi connectivity index (χ3n) is 10.2. The summed E-state index contributed by atoms with van der Waals surface area (Å²) >= 11 is 0. The maximum atomic E-state index is 14.3. The van der Waals surface area contributed by atoms with Crippen molar-refractivity contribution in [1.29, 1.82) is 0 Å². The minimum atomic E-state index is -3.72. The monoisotopic (exact) mass is 723 g/mol. The van der Waals surface area contributed by atoms with Crippen molar-refractivity contribution >= 4 is 30.6 Å². The van der Waals surface area contributed by atoms with Gasteiger partial charge in [-0.25, -0.2) is 9.59 Å². The maximum Gasteiger partial charge on any atom is 0.361 e. The van der Waals surface area contributed by atoms with Crippen molar-refractivity contribution in [3.05, 3.63) is 125 Å². The fraction of sp³-hybridized carbons (Fsp3) is 0.366. The van der Waals surface area contributed by atoms with Crippen molar-refractivity contribution in [2.24, 2.45) is 0 Å². The molecule has 1 spiro atoms. The summed E-state index contributed by atoms with van der Waals surface area (Å²) in [5, 5.41) is 3.73. The van der Waals surface area contributed by atoms with Crippen molar-refractivity contribution < 1.29 is 32.7 Å². The predicted octanol–water partition coefficient (Wildman–Crippen LogP) is 7.57. The number of nitrogens with one attached hydrogen (secondary N) is 1. The van der Waals surface area contributed by atoms with Crippen LogP contribution in [0.4, 0.5) is 10.5 Å². The van der Waals surface area contributed by atoms with Gasteiger partial charge in [0.2, 0.25) is 0 Å². The Morgan fingerprint density at radius 2 is 1.50 bits per heavy atom. The second-order valence-corrected chi connectivity index (χ2v) is 15.9. The largest absolute Gasteiger partial charge is 0.494 e. The van der Waals surface area contributed by atoms with E-state index in [0.717, 1.165) is 72.5 Å². The Labute approximate surface area is 305 Å². The van der Waals surface area contributed by atoms with E-state index in [1.54, 1.807) is 17.0 Å². The van der Waals surface area contributed by atoms with E-state index in [2.05, 4.69) is 16.3 Å². The lowest BCUT2D eigenvalue weighted by molar-refractivity contribution is 0.0598. The van der Waals surface area contributed by atoms with Gasteiger partial charge in [-0.05, 0) is 91.6 Å². The van der Waals surface area contributed by atoms with Gasteiger partial charge in [0.15, 0.2) is 0 Å². The van der Waals surface area contributed by atoms with E-state index in [9.17, 15) is 14.2 Å². The molecule has 2 amide bonds. The normalized spacial score (nSPS) is 17.3. The summed E-state index contributed by atoms with van der Waals surface area (Å²) in [6, 6.07) is 30.1. The third kappa shape index (κ3) is 8.11. The molecule has 52 heavy (non-hydrogen) atoms. The van der Waals surface area contributed by atoms with Gasteiger partial charge in [-0.3, -0.25) is 14.4 Å². The third-order valence-corrected chi connectivity index (χ3v) is 12.1. The zero-order chi connectivity index (χ0) is 36.1. The summed E-state index contributed by atoms with van der Waals surface area (Å²) < 4.78 is 37.4. The molecule has 272 valence electrons. The molecule has 2 aliphatic heterocycles. The average molecular weight is 724 g/mol. The molecule has 2 heterocycles. The number of esters is 1. The first-order valence-electron chi connectivity index (χ1n) is 18.1. The van der Waals surface area contributed by atoms with Gasteiger partial charge in [-0.1, -0.05) is 60.7 Å². The molecular weight excluding hydrogens is 677 g/mol. The molecule has 0 unspecified atom stereocenters. The van der Waals surface area contributed by atoms with Crippen LogP contribution in [0.15, 0.2) is 97.1 Å². The van der Waals surface area contributed by atoms with Crippen LogP contribution in [0.25, 0.3) is 0 Å². The van der Waals surface area contributed by atoms with Crippen molar-refractivity contribution in [1.82, 2.24) is 10.2 Å². The summed E-state index contributed by atoms with van der Waals surface area (Å²) in [6.45, 7) is 5.56. The number of amides is 2. The van der Waals surface area contributed by atoms with E-state index in [1.165, 1.54) is 7.11 Å². The first-order chi connectivity index (χ1) is 25.3. The van der Waals surface area contributed by atoms with Crippen LogP contribution in [-0.4, -0.2) is 55.8 Å². The van der Waals surface area contributed by atoms with Gasteiger partial charge in [0, 0.05) is 30.9 Å². The Bertz CT molecular complexity index is 1860. The lowest BCUT2D eigenvalue weighted by atomic mass is 9.88. The molecular formula is C41H46N3O7P. The molecule has 1 saturated carbocycles. The Morgan fingerprint density at radius 3 is 2.06 bits per heavy atom. The standard InChI is InChI=1S/C41H46N3O7P/c1-3-49-38-25-37(39(45)48-2)36(32-14-15-32)24-33(38)26-43-22-20-41(21-23-43)29-44(40(46)42-41)34-16-18-35(19-17-34)52(47,50-27-30-10-6-4-7-11-30)51-28-31-12-8-5-9-13-31/h4-13,16-19,24-25,32H,3,14-15,20-23,26-29H2,1-2H3,(H,42,46). The molecule has 4 aromatic rings. The molecule has 7 rings (SSSR count). The number of hydrogen-bond acceptors (Lipinski definition) is 8. The number of hydrogen-bond donors (Lipinski definition) is 1. The van der Waals surface area contributed by atoms with Crippen LogP contribution in [0, 0.1) is 0 Å². The molecule has 11 heteroatoms. The molecule has 0 aromatic heterocycles. The van der Waals surface area contributed by atoms with Crippen LogP contribution in [0.3, 0.4) is 0 Å². The Morgan fingerprint density at radius 1 is 0.885 bits per heavy atom. The fourth-order valence-electron chi connectivity index (χ4n) is 7.13. The van der Waals surface area contributed by atoms with Gasteiger partial charge in [0.25, 0.3) is 0 Å². The van der Waals surface area contributed by atoms with Gasteiger partial charge in [-0.15, -0.1) is 0 Å². The van der Waals surface area contributed by atoms with E-state index in [1.807, 2.05) is 85.8 Å². The molecule has 10 nitrogen and oxygen atoms in total. The summed E-state index contributed by atoms with van der Waals surface area (Å²) in [5.41, 5.74) is 4.86. The Kier molecular flexibility index (Phi) is 10.8. The number of carbonyl (C=O) groups excluding carboxylic acids is 2. The summed E-state index contributed by atoms with van der Waals surface area (Å²) in [5.74, 6) is 0.779. The molecule has 4 aromatic carbocycles. The number of anilines is 1. The van der Waals surface area contributed by atoms with Crippen LogP contribution in [0.1, 0.15) is 71.1 Å². The van der Waals surface area contributed by atoms with Gasteiger partial charge in [0.05, 0.1) is 49.9 Å². The number of methoxy groups -OCH3 is 1. The van der Waals surface area contributed by atoms with E-state index < -0.39 is 7.60 Å². The Balaban J connectivity index is 1.02. The van der Waals surface area contributed by atoms with Crippen LogP contribution < -0.4 is 20.3 Å². The summed E-state index contributed by atoms with van der Waals surface area (Å²) in [7, 11) is -2.30. The number of rotatable bonds is 14. The van der Waals surface area contributed by atoms with Crippen molar-refractivity contribution in [3.8, 4) is 5.75 Å². The predicted molar refractivity (Wildman–Crippen MR) is 200 cm³/mol. The number of ether oxygens (including phenoxy) is 2. The number of nitrogens with zero attached hydrogens (tertiary/aromatic N) is 2. The van der Waals surface area contributed by atoms with Crippen LogP contribution in [0.5, 0.6) is 5.75 Å². The second-order valence-electron chi connectivity index (χ2n) is 13.9. The topological polar surface area (TPSA) is 107 Å². The molecule has 1 N–H and O–H groups in total. The number of likely N-dealkylation sites (tertiary alicyclic amines) is 1. The van der Waals surface area contributed by atoms with E-state index in [-0.39, 0.29) is 30.8 Å². The Hall–Kier alpha value is -4.47. The highest BCUT2D eigenvalue weighted by Gasteiger charge is 2.45. The molecule has 2 saturated heterocycles. The number of piperidine rings is 1. The highest BCUT2D eigenvalue weighted by atomic mass is 31.2. The molecule has 1 aliphatic carbocycles. The van der Waals surface area contributed by atoms with Gasteiger partial charge < -0.3 is 23.8 Å². The SMILES string of the molecule is CCOc1cc(C(=O)OC)c(C2CC2)cc1CN1CCC2(CC1)CN(c1ccc(P(=O)(OCc3ccccc3)OCc3ccccc3)cc1)C(=O)N2. The van der Waals surface area contributed by atoms with Crippen LogP contribution in [-0.2, 0) is 38.1 Å². The number of urea groups is 1. The zero-order valence-electron chi connectivity index (χ0n) is 29.8. The molecule has 3 fully saturated rings. The minimum absolute atomic E-state index is 0.135. The second kappa shape index (κ2) is 15.6. The lowest BCUT2D eigenvalue weighted by Gasteiger charge is -2.39. The minimum Gasteiger partial charge on any atom is -0.494 e. The number of carbonyl (C=O) groups is 2. The van der Waals surface area contributed by atoms with Crippen LogP contribution >= 0.6 is 7.60 Å². The fourth-order valence-corrected chi connectivity index (χ4v) is 8.65. The highest BCUT2D eigenvalue weighted by Crippen LogP contribution is 2.49. The molecule has 0 atom stereocenters. The number of benzene rings is 4. The first kappa shape index (κ1) is 35.9. The molecule has 0 radical (unpaired) electrons. The average Bonchev–Trinajstić information content (AvgIpc) is 3.98. The van der Waals surface area contributed by atoms with Gasteiger partial charge in [0.1, 0.15) is 5.75 Å². The smallest absolute Gasteiger partial charge is 0.361 e. The summed E-state index contributed by atoms with van der Waals surface area (Å²) in [6.07, 6.45) is 3.74. The lowest BCUT2D eigenvalue weighted by Crippen LogP contribution is -2.52. The van der Waals surface area contributed by atoms with E-state index in [4.69, 9.17) is 18.5 Å². The zero-order valence-corrected chi connectivity index (χ0v) is 30.7. The maximum absolute atomic E-state index is 14.3. The molecule has 0 bridgehead atoms. The van der Waals surface area contributed by atoms with E-state index in [0.29, 0.717) is 36.5 Å². The van der Waals surface area contributed by atoms with Crippen LogP contribution in [0.2, 0.25) is 0 Å². The van der Waals surface area contributed by atoms with Crippen molar-refractivity contribution in [2.75, 3.05) is 38.3 Å². The quantitative estimate of drug-likeness (QED) is 0.105. The van der Waals surface area contributed by atoms with Crippen molar-refractivity contribution in [3.63, 3.8) is 0 Å². The molecule has 3 aliphatic rings. The van der Waals surface area contributed by atoms with E-state index >= 15 is 0 Å². The summed E-state index contributed by atoms with van der Waals surface area (Å²) in [4.78, 5) is 30.1. The highest BCUT2D eigenvalue weighted by molar-refractivity contribution is 7.62. The van der Waals surface area contributed by atoms with Gasteiger partial charge in [-0.2, -0.15) is 0 Å². The first-order valence-corrected chi connectivity index (χ1v) is 19.6. The van der Waals surface area contributed by atoms with Crippen molar-refractivity contribution in [2.45, 2.75) is 63.8 Å².